The SMILES string of the molecule is CCNCC1(Cc2cc(C)ccc2C)CCC1. The van der Waals surface area contributed by atoms with Crippen LogP contribution in [0.1, 0.15) is 42.9 Å². The number of aryl methyl sites for hydroxylation is 2. The van der Waals surface area contributed by atoms with E-state index >= 15 is 0 Å². The van der Waals surface area contributed by atoms with Gasteiger partial charge in [0.25, 0.3) is 0 Å². The molecule has 0 amide bonds. The topological polar surface area (TPSA) is 12.0 Å². The normalized spacial score (nSPS) is 17.8. The van der Waals surface area contributed by atoms with E-state index < -0.39 is 0 Å². The molecule has 0 atom stereocenters. The van der Waals surface area contributed by atoms with E-state index in [0.29, 0.717) is 5.41 Å². The lowest BCUT2D eigenvalue weighted by Crippen LogP contribution is -2.41. The molecule has 1 aromatic rings. The van der Waals surface area contributed by atoms with Crippen molar-refractivity contribution in [2.75, 3.05) is 13.1 Å². The van der Waals surface area contributed by atoms with Crippen LogP contribution in [0.2, 0.25) is 0 Å². The van der Waals surface area contributed by atoms with Crippen LogP contribution in [-0.4, -0.2) is 13.1 Å². The highest BCUT2D eigenvalue weighted by Crippen LogP contribution is 2.43. The van der Waals surface area contributed by atoms with Crippen LogP contribution in [0.5, 0.6) is 0 Å². The van der Waals surface area contributed by atoms with Crippen molar-refractivity contribution in [1.29, 1.82) is 0 Å². The van der Waals surface area contributed by atoms with Gasteiger partial charge >= 0.3 is 0 Å². The van der Waals surface area contributed by atoms with E-state index in [-0.39, 0.29) is 0 Å². The Bertz CT molecular complexity index is 377. The zero-order chi connectivity index (χ0) is 12.3. The lowest BCUT2D eigenvalue weighted by atomic mass is 9.65. The van der Waals surface area contributed by atoms with Gasteiger partial charge < -0.3 is 5.32 Å². The highest BCUT2D eigenvalue weighted by molar-refractivity contribution is 5.31. The summed E-state index contributed by atoms with van der Waals surface area (Å²) in [5.74, 6) is 0. The van der Waals surface area contributed by atoms with E-state index in [0.717, 1.165) is 6.54 Å². The van der Waals surface area contributed by atoms with Crippen LogP contribution in [0, 0.1) is 19.3 Å². The second kappa shape index (κ2) is 5.22. The molecular weight excluding hydrogens is 206 g/mol. The average molecular weight is 231 g/mol. The van der Waals surface area contributed by atoms with Crippen LogP contribution < -0.4 is 5.32 Å². The molecule has 17 heavy (non-hydrogen) atoms. The third-order valence-corrected chi connectivity index (χ3v) is 4.23. The Balaban J connectivity index is 2.09. The van der Waals surface area contributed by atoms with E-state index in [2.05, 4.69) is 44.3 Å². The van der Waals surface area contributed by atoms with Gasteiger partial charge in [0, 0.05) is 6.54 Å². The van der Waals surface area contributed by atoms with Gasteiger partial charge in [0.15, 0.2) is 0 Å². The second-order valence-corrected chi connectivity index (χ2v) is 5.74. The second-order valence-electron chi connectivity index (χ2n) is 5.74. The maximum Gasteiger partial charge on any atom is 0.00109 e. The molecule has 1 fully saturated rings. The smallest absolute Gasteiger partial charge is 0.00109 e. The summed E-state index contributed by atoms with van der Waals surface area (Å²) in [5, 5.41) is 3.55. The third-order valence-electron chi connectivity index (χ3n) is 4.23. The molecule has 1 saturated carbocycles. The first kappa shape index (κ1) is 12.6. The number of nitrogens with one attached hydrogen (secondary N) is 1. The maximum atomic E-state index is 3.55. The van der Waals surface area contributed by atoms with Gasteiger partial charge in [0.2, 0.25) is 0 Å². The first-order valence-electron chi connectivity index (χ1n) is 6.92. The van der Waals surface area contributed by atoms with Gasteiger partial charge in [0.05, 0.1) is 0 Å². The summed E-state index contributed by atoms with van der Waals surface area (Å²) in [6.45, 7) is 8.92. The summed E-state index contributed by atoms with van der Waals surface area (Å²) in [6.07, 6.45) is 5.46. The minimum absolute atomic E-state index is 0.550. The fourth-order valence-corrected chi connectivity index (χ4v) is 2.88. The molecule has 1 N–H and O–H groups in total. The molecule has 1 heteroatoms. The van der Waals surface area contributed by atoms with Gasteiger partial charge in [-0.1, -0.05) is 37.1 Å². The first-order valence-corrected chi connectivity index (χ1v) is 6.92. The summed E-state index contributed by atoms with van der Waals surface area (Å²) >= 11 is 0. The molecule has 0 aromatic heterocycles. The molecule has 1 aliphatic carbocycles. The van der Waals surface area contributed by atoms with E-state index in [1.165, 1.54) is 43.4 Å². The number of hydrogen-bond acceptors (Lipinski definition) is 1. The monoisotopic (exact) mass is 231 g/mol. The van der Waals surface area contributed by atoms with E-state index in [4.69, 9.17) is 0 Å². The summed E-state index contributed by atoms with van der Waals surface area (Å²) in [4.78, 5) is 0. The van der Waals surface area contributed by atoms with Crippen molar-refractivity contribution >= 4 is 0 Å². The molecular formula is C16H25N. The van der Waals surface area contributed by atoms with Crippen LogP contribution in [-0.2, 0) is 6.42 Å². The number of hydrogen-bond donors (Lipinski definition) is 1. The fraction of sp³-hybridized carbons (Fsp3) is 0.625. The summed E-state index contributed by atoms with van der Waals surface area (Å²) < 4.78 is 0. The van der Waals surface area contributed by atoms with Crippen molar-refractivity contribution in [2.45, 2.75) is 46.5 Å². The summed E-state index contributed by atoms with van der Waals surface area (Å²) in [5.41, 5.74) is 4.96. The molecule has 1 aromatic carbocycles. The Morgan fingerprint density at radius 3 is 2.59 bits per heavy atom. The van der Waals surface area contributed by atoms with Crippen molar-refractivity contribution in [3.63, 3.8) is 0 Å². The maximum absolute atomic E-state index is 3.55. The van der Waals surface area contributed by atoms with Crippen LogP contribution in [0.15, 0.2) is 18.2 Å². The Labute approximate surface area is 106 Å². The molecule has 1 nitrogen and oxygen atoms in total. The summed E-state index contributed by atoms with van der Waals surface area (Å²) in [7, 11) is 0. The average Bonchev–Trinajstić information content (AvgIpc) is 2.26. The van der Waals surface area contributed by atoms with Crippen molar-refractivity contribution in [3.8, 4) is 0 Å². The molecule has 1 aliphatic rings. The Morgan fingerprint density at radius 2 is 2.00 bits per heavy atom. The predicted octanol–water partition coefficient (Wildman–Crippen LogP) is 3.63. The molecule has 0 aliphatic heterocycles. The largest absolute Gasteiger partial charge is 0.316 e. The van der Waals surface area contributed by atoms with Crippen LogP contribution >= 0.6 is 0 Å². The molecule has 0 radical (unpaired) electrons. The fourth-order valence-electron chi connectivity index (χ4n) is 2.88. The molecule has 2 rings (SSSR count). The molecule has 0 saturated heterocycles. The van der Waals surface area contributed by atoms with E-state index in [1.54, 1.807) is 5.56 Å². The molecule has 0 unspecified atom stereocenters. The zero-order valence-corrected chi connectivity index (χ0v) is 11.5. The van der Waals surface area contributed by atoms with Gasteiger partial charge in [-0.15, -0.1) is 0 Å². The van der Waals surface area contributed by atoms with Gasteiger partial charge in [-0.05, 0) is 56.2 Å². The van der Waals surface area contributed by atoms with Crippen molar-refractivity contribution in [3.05, 3.63) is 34.9 Å². The zero-order valence-electron chi connectivity index (χ0n) is 11.5. The van der Waals surface area contributed by atoms with Gasteiger partial charge in [0.1, 0.15) is 0 Å². The Hall–Kier alpha value is -0.820. The quantitative estimate of drug-likeness (QED) is 0.816. The molecule has 0 heterocycles. The molecule has 94 valence electrons. The first-order chi connectivity index (χ1) is 8.15. The lowest BCUT2D eigenvalue weighted by molar-refractivity contribution is 0.131. The molecule has 0 bridgehead atoms. The third kappa shape index (κ3) is 2.90. The van der Waals surface area contributed by atoms with E-state index in [1.807, 2.05) is 0 Å². The predicted molar refractivity (Wildman–Crippen MR) is 74.4 cm³/mol. The minimum atomic E-state index is 0.550. The lowest BCUT2D eigenvalue weighted by Gasteiger charge is -2.43. The summed E-state index contributed by atoms with van der Waals surface area (Å²) in [6, 6.07) is 6.86. The van der Waals surface area contributed by atoms with Gasteiger partial charge in [-0.3, -0.25) is 0 Å². The standard InChI is InChI=1S/C16H25N/c1-4-17-12-16(8-5-9-16)11-15-10-13(2)6-7-14(15)3/h6-7,10,17H,4-5,8-9,11-12H2,1-3H3. The van der Waals surface area contributed by atoms with Crippen molar-refractivity contribution in [1.82, 2.24) is 5.32 Å². The number of benzene rings is 1. The van der Waals surface area contributed by atoms with Gasteiger partial charge in [-0.2, -0.15) is 0 Å². The number of rotatable bonds is 5. The van der Waals surface area contributed by atoms with Gasteiger partial charge in [-0.25, -0.2) is 0 Å². The van der Waals surface area contributed by atoms with Crippen LogP contribution in [0.25, 0.3) is 0 Å². The molecule has 0 spiro atoms. The van der Waals surface area contributed by atoms with Crippen LogP contribution in [0.4, 0.5) is 0 Å². The van der Waals surface area contributed by atoms with Crippen molar-refractivity contribution < 1.29 is 0 Å². The highest BCUT2D eigenvalue weighted by atomic mass is 14.9. The minimum Gasteiger partial charge on any atom is -0.316 e. The Morgan fingerprint density at radius 1 is 1.24 bits per heavy atom. The Kier molecular flexibility index (Phi) is 3.88. The van der Waals surface area contributed by atoms with Crippen molar-refractivity contribution in [2.24, 2.45) is 5.41 Å². The van der Waals surface area contributed by atoms with Crippen LogP contribution in [0.3, 0.4) is 0 Å². The highest BCUT2D eigenvalue weighted by Gasteiger charge is 2.36. The van der Waals surface area contributed by atoms with E-state index in [9.17, 15) is 0 Å².